The SMILES string of the molecule is CC(C)(CCO)Nc1cncc(NN)n1. The van der Waals surface area contributed by atoms with Crippen molar-refractivity contribution >= 4 is 11.6 Å². The fourth-order valence-corrected chi connectivity index (χ4v) is 1.18. The Bertz CT molecular complexity index is 315. The maximum atomic E-state index is 8.87. The highest BCUT2D eigenvalue weighted by Crippen LogP contribution is 2.16. The average molecular weight is 211 g/mol. The van der Waals surface area contributed by atoms with Crippen molar-refractivity contribution in [2.75, 3.05) is 17.3 Å². The molecule has 0 saturated heterocycles. The monoisotopic (exact) mass is 211 g/mol. The molecule has 0 aromatic carbocycles. The third-order valence-corrected chi connectivity index (χ3v) is 1.99. The fourth-order valence-electron chi connectivity index (χ4n) is 1.18. The molecule has 1 aromatic heterocycles. The summed E-state index contributed by atoms with van der Waals surface area (Å²) in [6.45, 7) is 4.09. The normalized spacial score (nSPS) is 11.2. The van der Waals surface area contributed by atoms with Gasteiger partial charge in [0.05, 0.1) is 12.4 Å². The second-order valence-electron chi connectivity index (χ2n) is 3.92. The summed E-state index contributed by atoms with van der Waals surface area (Å²) in [5.74, 6) is 6.35. The van der Waals surface area contributed by atoms with E-state index in [-0.39, 0.29) is 12.1 Å². The number of anilines is 2. The minimum atomic E-state index is -0.226. The molecule has 0 fully saturated rings. The van der Waals surface area contributed by atoms with Gasteiger partial charge in [0.15, 0.2) is 5.82 Å². The molecule has 1 aromatic rings. The summed E-state index contributed by atoms with van der Waals surface area (Å²) in [6, 6.07) is 0. The number of aliphatic hydroxyl groups is 1. The number of rotatable bonds is 5. The van der Waals surface area contributed by atoms with Gasteiger partial charge in [-0.2, -0.15) is 0 Å². The standard InChI is InChI=1S/C9H17N5O/c1-9(2,3-4-15)13-7-5-11-6-8(12-7)14-10/h5-6,15H,3-4,10H2,1-2H3,(H2,12,13,14). The smallest absolute Gasteiger partial charge is 0.160 e. The van der Waals surface area contributed by atoms with Crippen LogP contribution in [-0.4, -0.2) is 27.2 Å². The van der Waals surface area contributed by atoms with Crippen molar-refractivity contribution in [2.24, 2.45) is 5.84 Å². The van der Waals surface area contributed by atoms with Gasteiger partial charge in [-0.25, -0.2) is 10.8 Å². The average Bonchev–Trinajstić information content (AvgIpc) is 2.17. The van der Waals surface area contributed by atoms with Crippen molar-refractivity contribution in [3.8, 4) is 0 Å². The Hall–Kier alpha value is -1.40. The molecule has 0 radical (unpaired) electrons. The first kappa shape index (κ1) is 11.7. The van der Waals surface area contributed by atoms with Crippen LogP contribution in [0.2, 0.25) is 0 Å². The van der Waals surface area contributed by atoms with E-state index in [0.717, 1.165) is 0 Å². The van der Waals surface area contributed by atoms with Crippen molar-refractivity contribution < 1.29 is 5.11 Å². The van der Waals surface area contributed by atoms with E-state index in [9.17, 15) is 0 Å². The maximum Gasteiger partial charge on any atom is 0.160 e. The van der Waals surface area contributed by atoms with E-state index in [2.05, 4.69) is 20.7 Å². The molecular weight excluding hydrogens is 194 g/mol. The van der Waals surface area contributed by atoms with E-state index in [1.807, 2.05) is 13.8 Å². The van der Waals surface area contributed by atoms with Gasteiger partial charge in [0.1, 0.15) is 5.82 Å². The van der Waals surface area contributed by atoms with Crippen molar-refractivity contribution in [3.63, 3.8) is 0 Å². The first-order chi connectivity index (χ1) is 7.07. The molecule has 0 unspecified atom stereocenters. The van der Waals surface area contributed by atoms with Gasteiger partial charge < -0.3 is 15.8 Å². The lowest BCUT2D eigenvalue weighted by Crippen LogP contribution is -2.32. The highest BCUT2D eigenvalue weighted by molar-refractivity contribution is 5.42. The predicted octanol–water partition coefficient (Wildman–Crippen LogP) is 0.335. The zero-order valence-electron chi connectivity index (χ0n) is 8.99. The predicted molar refractivity (Wildman–Crippen MR) is 59.2 cm³/mol. The van der Waals surface area contributed by atoms with Crippen molar-refractivity contribution in [2.45, 2.75) is 25.8 Å². The van der Waals surface area contributed by atoms with Gasteiger partial charge in [-0.05, 0) is 20.3 Å². The topological polar surface area (TPSA) is 96.1 Å². The number of aromatic nitrogens is 2. The van der Waals surface area contributed by atoms with E-state index in [1.165, 1.54) is 6.20 Å². The minimum Gasteiger partial charge on any atom is -0.396 e. The summed E-state index contributed by atoms with van der Waals surface area (Å²) in [6.07, 6.45) is 3.78. The van der Waals surface area contributed by atoms with Crippen LogP contribution < -0.4 is 16.6 Å². The van der Waals surface area contributed by atoms with Crippen LogP contribution in [0.1, 0.15) is 20.3 Å². The lowest BCUT2D eigenvalue weighted by atomic mass is 10.0. The lowest BCUT2D eigenvalue weighted by Gasteiger charge is -2.25. The molecule has 84 valence electrons. The van der Waals surface area contributed by atoms with Gasteiger partial charge in [0, 0.05) is 12.1 Å². The van der Waals surface area contributed by atoms with Crippen LogP contribution in [0.5, 0.6) is 0 Å². The van der Waals surface area contributed by atoms with Gasteiger partial charge in [-0.15, -0.1) is 0 Å². The molecule has 0 aliphatic rings. The Labute approximate surface area is 88.9 Å². The van der Waals surface area contributed by atoms with Gasteiger partial charge in [-0.1, -0.05) is 0 Å². The molecule has 0 amide bonds. The van der Waals surface area contributed by atoms with E-state index >= 15 is 0 Å². The number of hydrogen-bond donors (Lipinski definition) is 4. The Kier molecular flexibility index (Phi) is 3.81. The number of nitrogens with one attached hydrogen (secondary N) is 2. The summed E-state index contributed by atoms with van der Waals surface area (Å²) in [7, 11) is 0. The van der Waals surface area contributed by atoms with Crippen LogP contribution in [0, 0.1) is 0 Å². The Morgan fingerprint density at radius 1 is 1.40 bits per heavy atom. The Morgan fingerprint density at radius 3 is 2.67 bits per heavy atom. The van der Waals surface area contributed by atoms with E-state index in [4.69, 9.17) is 10.9 Å². The maximum absolute atomic E-state index is 8.87. The zero-order chi connectivity index (χ0) is 11.3. The summed E-state index contributed by atoms with van der Waals surface area (Å²) < 4.78 is 0. The first-order valence-electron chi connectivity index (χ1n) is 4.75. The van der Waals surface area contributed by atoms with Crippen LogP contribution in [-0.2, 0) is 0 Å². The van der Waals surface area contributed by atoms with Crippen LogP contribution in [0.15, 0.2) is 12.4 Å². The van der Waals surface area contributed by atoms with Crippen LogP contribution in [0.4, 0.5) is 11.6 Å². The molecule has 6 nitrogen and oxygen atoms in total. The summed E-state index contributed by atoms with van der Waals surface area (Å²) in [4.78, 5) is 8.14. The lowest BCUT2D eigenvalue weighted by molar-refractivity contribution is 0.260. The van der Waals surface area contributed by atoms with Crippen molar-refractivity contribution in [3.05, 3.63) is 12.4 Å². The third kappa shape index (κ3) is 3.69. The Morgan fingerprint density at radius 2 is 2.07 bits per heavy atom. The molecule has 1 heterocycles. The molecule has 0 aliphatic carbocycles. The van der Waals surface area contributed by atoms with Gasteiger partial charge >= 0.3 is 0 Å². The highest BCUT2D eigenvalue weighted by atomic mass is 16.3. The fraction of sp³-hybridized carbons (Fsp3) is 0.556. The van der Waals surface area contributed by atoms with E-state index in [0.29, 0.717) is 18.1 Å². The number of nitrogens with two attached hydrogens (primary N) is 1. The van der Waals surface area contributed by atoms with Crippen LogP contribution in [0.25, 0.3) is 0 Å². The van der Waals surface area contributed by atoms with Crippen LogP contribution >= 0.6 is 0 Å². The number of aliphatic hydroxyl groups excluding tert-OH is 1. The molecule has 15 heavy (non-hydrogen) atoms. The third-order valence-electron chi connectivity index (χ3n) is 1.99. The summed E-state index contributed by atoms with van der Waals surface area (Å²) >= 11 is 0. The molecule has 1 rings (SSSR count). The molecule has 0 bridgehead atoms. The molecule has 6 heteroatoms. The van der Waals surface area contributed by atoms with Crippen molar-refractivity contribution in [1.82, 2.24) is 9.97 Å². The largest absolute Gasteiger partial charge is 0.396 e. The van der Waals surface area contributed by atoms with E-state index in [1.54, 1.807) is 6.20 Å². The molecule has 0 spiro atoms. The quantitative estimate of drug-likeness (QED) is 0.414. The summed E-state index contributed by atoms with van der Waals surface area (Å²) in [5.41, 5.74) is 2.20. The Balaban J connectivity index is 2.71. The van der Waals surface area contributed by atoms with Crippen molar-refractivity contribution in [1.29, 1.82) is 0 Å². The molecule has 5 N–H and O–H groups in total. The molecular formula is C9H17N5O. The number of hydrazine groups is 1. The molecule has 0 atom stereocenters. The highest BCUT2D eigenvalue weighted by Gasteiger charge is 2.17. The van der Waals surface area contributed by atoms with E-state index < -0.39 is 0 Å². The van der Waals surface area contributed by atoms with Gasteiger partial charge in [0.25, 0.3) is 0 Å². The van der Waals surface area contributed by atoms with Gasteiger partial charge in [-0.3, -0.25) is 4.98 Å². The number of hydrogen-bond acceptors (Lipinski definition) is 6. The van der Waals surface area contributed by atoms with Crippen LogP contribution in [0.3, 0.4) is 0 Å². The first-order valence-corrected chi connectivity index (χ1v) is 4.75. The minimum absolute atomic E-state index is 0.127. The molecule has 0 saturated carbocycles. The molecule has 0 aliphatic heterocycles. The number of nitrogens with zero attached hydrogens (tertiary/aromatic N) is 2. The second kappa shape index (κ2) is 4.90. The van der Waals surface area contributed by atoms with Gasteiger partial charge in [0.2, 0.25) is 0 Å². The number of nitrogen functional groups attached to an aromatic ring is 1. The zero-order valence-corrected chi connectivity index (χ0v) is 8.99. The summed E-state index contributed by atoms with van der Waals surface area (Å²) in [5, 5.41) is 12.0. The second-order valence-corrected chi connectivity index (χ2v) is 3.92.